The van der Waals surface area contributed by atoms with E-state index in [1.807, 2.05) is 6.92 Å². The summed E-state index contributed by atoms with van der Waals surface area (Å²) >= 11 is 2.64. The van der Waals surface area contributed by atoms with Crippen LogP contribution in [0.3, 0.4) is 0 Å². The molecule has 0 saturated heterocycles. The normalized spacial score (nSPS) is 10.2. The predicted octanol–water partition coefficient (Wildman–Crippen LogP) is 2.14. The van der Waals surface area contributed by atoms with Crippen LogP contribution in [0.5, 0.6) is 0 Å². The van der Waals surface area contributed by atoms with Crippen LogP contribution in [-0.2, 0) is 0 Å². The predicted molar refractivity (Wildman–Crippen MR) is 52.4 cm³/mol. The number of aryl methyl sites for hydroxylation is 1. The zero-order valence-corrected chi connectivity index (χ0v) is 8.48. The molecule has 0 unspecified atom stereocenters. The maximum Gasteiger partial charge on any atom is 0.223 e. The van der Waals surface area contributed by atoms with E-state index in [2.05, 4.69) is 9.36 Å². The van der Waals surface area contributed by atoms with E-state index in [4.69, 9.17) is 0 Å². The molecule has 66 valence electrons. The standard InChI is InChI=1S/C8H6N2OS2/c1-5-2-7(13-10-5)8(11)6-3-12-4-9-6/h2-4H,1H3. The molecule has 0 aliphatic carbocycles. The van der Waals surface area contributed by atoms with E-state index in [-0.39, 0.29) is 5.78 Å². The van der Waals surface area contributed by atoms with Crippen LogP contribution in [0.25, 0.3) is 0 Å². The van der Waals surface area contributed by atoms with E-state index in [9.17, 15) is 4.79 Å². The molecule has 13 heavy (non-hydrogen) atoms. The van der Waals surface area contributed by atoms with Gasteiger partial charge in [-0.15, -0.1) is 11.3 Å². The Morgan fingerprint density at radius 1 is 1.54 bits per heavy atom. The fourth-order valence-electron chi connectivity index (χ4n) is 0.921. The molecule has 0 fully saturated rings. The molecule has 2 rings (SSSR count). The van der Waals surface area contributed by atoms with Gasteiger partial charge >= 0.3 is 0 Å². The average Bonchev–Trinajstić information content (AvgIpc) is 2.72. The van der Waals surface area contributed by atoms with Crippen LogP contribution in [0.2, 0.25) is 0 Å². The number of carbonyl (C=O) groups excluding carboxylic acids is 1. The van der Waals surface area contributed by atoms with Crippen molar-refractivity contribution in [1.29, 1.82) is 0 Å². The summed E-state index contributed by atoms with van der Waals surface area (Å²) in [4.78, 5) is 16.2. The van der Waals surface area contributed by atoms with Gasteiger partial charge in [0.25, 0.3) is 0 Å². The van der Waals surface area contributed by atoms with Crippen LogP contribution in [-0.4, -0.2) is 15.1 Å². The molecule has 0 radical (unpaired) electrons. The third-order valence-electron chi connectivity index (χ3n) is 1.52. The van der Waals surface area contributed by atoms with Gasteiger partial charge in [-0.3, -0.25) is 4.79 Å². The molecule has 3 nitrogen and oxygen atoms in total. The average molecular weight is 210 g/mol. The fraction of sp³-hybridized carbons (Fsp3) is 0.125. The molecule has 0 N–H and O–H groups in total. The molecule has 2 aromatic rings. The van der Waals surface area contributed by atoms with E-state index in [1.54, 1.807) is 17.0 Å². The van der Waals surface area contributed by atoms with E-state index >= 15 is 0 Å². The maximum absolute atomic E-state index is 11.6. The van der Waals surface area contributed by atoms with E-state index < -0.39 is 0 Å². The first-order valence-corrected chi connectivity index (χ1v) is 5.35. The molecular formula is C8H6N2OS2. The molecule has 0 aliphatic heterocycles. The molecule has 0 aliphatic rings. The van der Waals surface area contributed by atoms with E-state index in [1.165, 1.54) is 22.9 Å². The topological polar surface area (TPSA) is 42.9 Å². The van der Waals surface area contributed by atoms with Crippen LogP contribution in [0.1, 0.15) is 21.1 Å². The third kappa shape index (κ3) is 1.66. The van der Waals surface area contributed by atoms with Crippen molar-refractivity contribution in [3.05, 3.63) is 33.2 Å². The number of ketones is 1. The van der Waals surface area contributed by atoms with Crippen molar-refractivity contribution in [2.45, 2.75) is 6.92 Å². The minimum atomic E-state index is -0.0353. The van der Waals surface area contributed by atoms with Gasteiger partial charge in [0.2, 0.25) is 5.78 Å². The lowest BCUT2D eigenvalue weighted by molar-refractivity contribution is 0.103. The highest BCUT2D eigenvalue weighted by molar-refractivity contribution is 7.09. The second-order valence-electron chi connectivity index (χ2n) is 2.54. The van der Waals surface area contributed by atoms with Crippen molar-refractivity contribution in [2.24, 2.45) is 0 Å². The summed E-state index contributed by atoms with van der Waals surface area (Å²) in [6.07, 6.45) is 0. The number of rotatable bonds is 2. The Hall–Kier alpha value is -1.07. The quantitative estimate of drug-likeness (QED) is 0.713. The van der Waals surface area contributed by atoms with Gasteiger partial charge in [-0.25, -0.2) is 4.98 Å². The first kappa shape index (κ1) is 8.52. The van der Waals surface area contributed by atoms with Crippen LogP contribution in [0.15, 0.2) is 17.0 Å². The Morgan fingerprint density at radius 2 is 2.38 bits per heavy atom. The summed E-state index contributed by atoms with van der Waals surface area (Å²) in [5.74, 6) is -0.0353. The first-order chi connectivity index (χ1) is 6.27. The fourth-order valence-corrected chi connectivity index (χ4v) is 2.16. The molecule has 2 heterocycles. The van der Waals surface area contributed by atoms with Crippen molar-refractivity contribution in [3.8, 4) is 0 Å². The SMILES string of the molecule is Cc1cc(C(=O)c2cscn2)sn1. The largest absolute Gasteiger partial charge is 0.286 e. The number of aromatic nitrogens is 2. The summed E-state index contributed by atoms with van der Waals surface area (Å²) in [6.45, 7) is 1.87. The maximum atomic E-state index is 11.6. The summed E-state index contributed by atoms with van der Waals surface area (Å²) in [6, 6.07) is 1.78. The van der Waals surface area contributed by atoms with Crippen LogP contribution < -0.4 is 0 Å². The van der Waals surface area contributed by atoms with Gasteiger partial charge in [0, 0.05) is 5.38 Å². The Kier molecular flexibility index (Phi) is 2.20. The van der Waals surface area contributed by atoms with E-state index in [0.29, 0.717) is 10.6 Å². The molecule has 0 spiro atoms. The zero-order chi connectivity index (χ0) is 9.26. The van der Waals surface area contributed by atoms with Gasteiger partial charge in [0.1, 0.15) is 5.69 Å². The second kappa shape index (κ2) is 3.35. The third-order valence-corrected chi connectivity index (χ3v) is 2.98. The van der Waals surface area contributed by atoms with Gasteiger partial charge in [-0.2, -0.15) is 4.37 Å². The number of nitrogens with zero attached hydrogens (tertiary/aromatic N) is 2. The molecule has 0 saturated carbocycles. The molecule has 2 aromatic heterocycles. The second-order valence-corrected chi connectivity index (χ2v) is 4.06. The van der Waals surface area contributed by atoms with E-state index in [0.717, 1.165) is 5.69 Å². The molecule has 0 amide bonds. The summed E-state index contributed by atoms with van der Waals surface area (Å²) in [7, 11) is 0. The number of thiazole rings is 1. The van der Waals surface area contributed by atoms with Crippen LogP contribution >= 0.6 is 22.9 Å². The lowest BCUT2D eigenvalue weighted by Crippen LogP contribution is -1.97. The summed E-state index contributed by atoms with van der Waals surface area (Å²) in [5, 5.41) is 1.75. The smallest absolute Gasteiger partial charge is 0.223 e. The number of carbonyl (C=O) groups is 1. The van der Waals surface area contributed by atoms with Crippen molar-refractivity contribution >= 4 is 28.7 Å². The van der Waals surface area contributed by atoms with Gasteiger partial charge in [-0.1, -0.05) is 0 Å². The van der Waals surface area contributed by atoms with Gasteiger partial charge in [-0.05, 0) is 24.5 Å². The first-order valence-electron chi connectivity index (χ1n) is 3.63. The Bertz CT molecular complexity index is 419. The Balaban J connectivity index is 2.33. The number of hydrogen-bond acceptors (Lipinski definition) is 5. The Labute approximate surface area is 83.2 Å². The zero-order valence-electron chi connectivity index (χ0n) is 6.85. The summed E-state index contributed by atoms with van der Waals surface area (Å²) in [5.41, 5.74) is 3.04. The van der Waals surface area contributed by atoms with Gasteiger partial charge < -0.3 is 0 Å². The minimum absolute atomic E-state index is 0.0353. The molecule has 0 atom stereocenters. The lowest BCUT2D eigenvalue weighted by atomic mass is 10.2. The Morgan fingerprint density at radius 3 is 2.92 bits per heavy atom. The highest BCUT2D eigenvalue weighted by Gasteiger charge is 2.13. The van der Waals surface area contributed by atoms with Crippen molar-refractivity contribution < 1.29 is 4.79 Å². The highest BCUT2D eigenvalue weighted by atomic mass is 32.1. The summed E-state index contributed by atoms with van der Waals surface area (Å²) < 4.78 is 4.04. The van der Waals surface area contributed by atoms with Gasteiger partial charge in [0.15, 0.2) is 0 Å². The van der Waals surface area contributed by atoms with Crippen LogP contribution in [0, 0.1) is 6.92 Å². The lowest BCUT2D eigenvalue weighted by Gasteiger charge is -1.88. The highest BCUT2D eigenvalue weighted by Crippen LogP contribution is 2.14. The molecule has 5 heteroatoms. The van der Waals surface area contributed by atoms with Crippen molar-refractivity contribution in [1.82, 2.24) is 9.36 Å². The number of hydrogen-bond donors (Lipinski definition) is 0. The monoisotopic (exact) mass is 210 g/mol. The van der Waals surface area contributed by atoms with Crippen molar-refractivity contribution in [2.75, 3.05) is 0 Å². The van der Waals surface area contributed by atoms with Crippen molar-refractivity contribution in [3.63, 3.8) is 0 Å². The molecule has 0 aromatic carbocycles. The van der Waals surface area contributed by atoms with Crippen LogP contribution in [0.4, 0.5) is 0 Å². The molecular weight excluding hydrogens is 204 g/mol. The van der Waals surface area contributed by atoms with Gasteiger partial charge in [0.05, 0.1) is 16.1 Å². The molecule has 0 bridgehead atoms. The minimum Gasteiger partial charge on any atom is -0.286 e.